The van der Waals surface area contributed by atoms with E-state index in [4.69, 9.17) is 14.2 Å². The van der Waals surface area contributed by atoms with E-state index in [1.807, 2.05) is 36.4 Å². The summed E-state index contributed by atoms with van der Waals surface area (Å²) in [4.78, 5) is 0. The highest BCUT2D eigenvalue weighted by Gasteiger charge is 2.27. The molecule has 31 heavy (non-hydrogen) atoms. The second kappa shape index (κ2) is 7.85. The third-order valence-corrected chi connectivity index (χ3v) is 5.42. The number of phenolic OH excluding ortho intramolecular Hbond substituents is 1. The minimum Gasteiger partial charge on any atom is -0.507 e. The van der Waals surface area contributed by atoms with Crippen LogP contribution < -0.4 is 24.8 Å². The average Bonchev–Trinajstić information content (AvgIpc) is 3.26. The number of ether oxygens (including phenoxy) is 3. The van der Waals surface area contributed by atoms with E-state index >= 15 is 0 Å². The van der Waals surface area contributed by atoms with Gasteiger partial charge in [-0.1, -0.05) is 12.1 Å². The summed E-state index contributed by atoms with van der Waals surface area (Å²) in [6.07, 6.45) is 1.60. The summed E-state index contributed by atoms with van der Waals surface area (Å²) in [6.45, 7) is 0.196. The SMILES string of the molecule is COc1ccc(C2C=C(c3ccc4c(c3)OCO4)NC(c3cccc(F)c3)N2)c(O)c1. The van der Waals surface area contributed by atoms with Crippen molar-refractivity contribution < 1.29 is 23.7 Å². The highest BCUT2D eigenvalue weighted by Crippen LogP contribution is 2.38. The molecule has 0 saturated heterocycles. The minimum absolute atomic E-state index is 0.109. The Morgan fingerprint density at radius 2 is 1.90 bits per heavy atom. The fraction of sp³-hybridized carbons (Fsp3) is 0.167. The van der Waals surface area contributed by atoms with Gasteiger partial charge in [-0.2, -0.15) is 0 Å². The van der Waals surface area contributed by atoms with Gasteiger partial charge >= 0.3 is 0 Å². The molecule has 0 saturated carbocycles. The van der Waals surface area contributed by atoms with Crippen LogP contribution in [0.25, 0.3) is 5.70 Å². The van der Waals surface area contributed by atoms with Crippen LogP contribution in [0.15, 0.2) is 66.7 Å². The molecule has 158 valence electrons. The zero-order chi connectivity index (χ0) is 21.4. The number of hydrogen-bond acceptors (Lipinski definition) is 6. The van der Waals surface area contributed by atoms with Gasteiger partial charge in [-0.05, 0) is 54.1 Å². The predicted molar refractivity (Wildman–Crippen MR) is 113 cm³/mol. The Labute approximate surface area is 178 Å². The highest BCUT2D eigenvalue weighted by atomic mass is 19.1. The monoisotopic (exact) mass is 420 g/mol. The van der Waals surface area contributed by atoms with Gasteiger partial charge in [0.15, 0.2) is 11.5 Å². The van der Waals surface area contributed by atoms with Crippen LogP contribution in [0.2, 0.25) is 0 Å². The van der Waals surface area contributed by atoms with Gasteiger partial charge < -0.3 is 24.6 Å². The first-order valence-electron chi connectivity index (χ1n) is 9.87. The van der Waals surface area contributed by atoms with Crippen LogP contribution in [0.3, 0.4) is 0 Å². The van der Waals surface area contributed by atoms with Gasteiger partial charge in [0, 0.05) is 22.9 Å². The number of phenols is 1. The zero-order valence-electron chi connectivity index (χ0n) is 16.8. The zero-order valence-corrected chi connectivity index (χ0v) is 16.8. The molecule has 2 heterocycles. The van der Waals surface area contributed by atoms with E-state index in [0.29, 0.717) is 22.8 Å². The number of nitrogens with one attached hydrogen (secondary N) is 2. The van der Waals surface area contributed by atoms with E-state index in [1.165, 1.54) is 12.1 Å². The lowest BCUT2D eigenvalue weighted by Crippen LogP contribution is -2.39. The first-order chi connectivity index (χ1) is 15.1. The first kappa shape index (κ1) is 19.3. The maximum atomic E-state index is 13.9. The van der Waals surface area contributed by atoms with E-state index in [-0.39, 0.29) is 30.6 Å². The standard InChI is InChI=1S/C24H21FN2O4/c1-29-17-6-7-18(21(28)11-17)20-12-19(14-5-8-22-23(10-14)31-13-30-22)26-24(27-20)15-3-2-4-16(25)9-15/h2-12,20,24,26-28H,13H2,1H3. The molecule has 5 rings (SSSR count). The second-order valence-electron chi connectivity index (χ2n) is 7.35. The Balaban J connectivity index is 1.56. The van der Waals surface area contributed by atoms with Crippen LogP contribution in [-0.2, 0) is 0 Å². The lowest BCUT2D eigenvalue weighted by molar-refractivity contribution is 0.174. The summed E-state index contributed by atoms with van der Waals surface area (Å²) in [5, 5.41) is 17.5. The molecule has 0 spiro atoms. The van der Waals surface area contributed by atoms with Crippen LogP contribution in [0, 0.1) is 5.82 Å². The highest BCUT2D eigenvalue weighted by molar-refractivity contribution is 5.69. The molecule has 2 aliphatic rings. The van der Waals surface area contributed by atoms with Crippen LogP contribution in [0.5, 0.6) is 23.0 Å². The molecule has 0 aromatic heterocycles. The van der Waals surface area contributed by atoms with E-state index < -0.39 is 0 Å². The van der Waals surface area contributed by atoms with Crippen LogP contribution >= 0.6 is 0 Å². The Hall–Kier alpha value is -3.71. The third kappa shape index (κ3) is 3.75. The Morgan fingerprint density at radius 1 is 1.03 bits per heavy atom. The van der Waals surface area contributed by atoms with Gasteiger partial charge in [-0.25, -0.2) is 4.39 Å². The quantitative estimate of drug-likeness (QED) is 0.586. The number of hydrogen-bond donors (Lipinski definition) is 3. The van der Waals surface area contributed by atoms with Crippen molar-refractivity contribution >= 4 is 5.70 Å². The van der Waals surface area contributed by atoms with Gasteiger partial charge in [-0.15, -0.1) is 0 Å². The van der Waals surface area contributed by atoms with Gasteiger partial charge in [0.25, 0.3) is 0 Å². The average molecular weight is 420 g/mol. The molecule has 0 bridgehead atoms. The van der Waals surface area contributed by atoms with E-state index in [0.717, 1.165) is 16.8 Å². The fourth-order valence-electron chi connectivity index (χ4n) is 3.84. The van der Waals surface area contributed by atoms with Crippen molar-refractivity contribution in [3.05, 3.63) is 89.2 Å². The molecule has 0 amide bonds. The molecule has 2 atom stereocenters. The van der Waals surface area contributed by atoms with Crippen molar-refractivity contribution in [1.82, 2.24) is 10.6 Å². The number of rotatable bonds is 4. The van der Waals surface area contributed by atoms with E-state index in [9.17, 15) is 9.50 Å². The molecule has 3 N–H and O–H groups in total. The van der Waals surface area contributed by atoms with Crippen molar-refractivity contribution in [3.8, 4) is 23.0 Å². The number of halogens is 1. The number of fused-ring (bicyclic) bond motifs is 1. The number of benzene rings is 3. The molecule has 7 heteroatoms. The van der Waals surface area contributed by atoms with Crippen molar-refractivity contribution in [2.45, 2.75) is 12.2 Å². The Bertz CT molecular complexity index is 1160. The molecule has 0 aliphatic carbocycles. The number of aromatic hydroxyl groups is 1. The van der Waals surface area contributed by atoms with E-state index in [1.54, 1.807) is 25.3 Å². The Kier molecular flexibility index (Phi) is 4.88. The van der Waals surface area contributed by atoms with E-state index in [2.05, 4.69) is 10.6 Å². The van der Waals surface area contributed by atoms with Gasteiger partial charge in [0.1, 0.15) is 23.5 Å². The minimum atomic E-state index is -0.382. The summed E-state index contributed by atoms with van der Waals surface area (Å²) in [7, 11) is 1.55. The largest absolute Gasteiger partial charge is 0.507 e. The second-order valence-corrected chi connectivity index (χ2v) is 7.35. The molecule has 0 radical (unpaired) electrons. The molecule has 2 aliphatic heterocycles. The molecular weight excluding hydrogens is 399 g/mol. The summed E-state index contributed by atoms with van der Waals surface area (Å²) in [6, 6.07) is 17.0. The third-order valence-electron chi connectivity index (χ3n) is 5.42. The molecule has 6 nitrogen and oxygen atoms in total. The topological polar surface area (TPSA) is 72.0 Å². The summed E-state index contributed by atoms with van der Waals surface area (Å²) in [5.74, 6) is 1.73. The van der Waals surface area contributed by atoms with Gasteiger partial charge in [0.05, 0.1) is 13.2 Å². The smallest absolute Gasteiger partial charge is 0.231 e. The normalized spacial score (nSPS) is 19.5. The van der Waals surface area contributed by atoms with Crippen molar-refractivity contribution in [2.24, 2.45) is 0 Å². The number of methoxy groups -OCH3 is 1. The fourth-order valence-corrected chi connectivity index (χ4v) is 3.84. The summed E-state index contributed by atoms with van der Waals surface area (Å²) < 4.78 is 30.0. The molecule has 0 fully saturated rings. The molecule has 3 aromatic rings. The van der Waals surface area contributed by atoms with Crippen LogP contribution in [-0.4, -0.2) is 19.0 Å². The van der Waals surface area contributed by atoms with Crippen LogP contribution in [0.1, 0.15) is 28.9 Å². The lowest BCUT2D eigenvalue weighted by atomic mass is 9.97. The van der Waals surface area contributed by atoms with Crippen LogP contribution in [0.4, 0.5) is 4.39 Å². The lowest BCUT2D eigenvalue weighted by Gasteiger charge is -2.33. The first-order valence-corrected chi connectivity index (χ1v) is 9.87. The Morgan fingerprint density at radius 3 is 2.71 bits per heavy atom. The van der Waals surface area contributed by atoms with Crippen molar-refractivity contribution in [3.63, 3.8) is 0 Å². The van der Waals surface area contributed by atoms with Gasteiger partial charge in [-0.3, -0.25) is 5.32 Å². The van der Waals surface area contributed by atoms with Crippen molar-refractivity contribution in [1.29, 1.82) is 0 Å². The van der Waals surface area contributed by atoms with Gasteiger partial charge in [0.2, 0.25) is 6.79 Å². The maximum absolute atomic E-state index is 13.9. The molecule has 2 unspecified atom stereocenters. The molecule has 3 aromatic carbocycles. The predicted octanol–water partition coefficient (Wildman–Crippen LogP) is 4.24. The van der Waals surface area contributed by atoms with Crippen molar-refractivity contribution in [2.75, 3.05) is 13.9 Å². The summed E-state index contributed by atoms with van der Waals surface area (Å²) in [5.41, 5.74) is 3.14. The summed E-state index contributed by atoms with van der Waals surface area (Å²) >= 11 is 0. The maximum Gasteiger partial charge on any atom is 0.231 e. The molecular formula is C24H21FN2O4.